The molecule has 0 aliphatic carbocycles. The van der Waals surface area contributed by atoms with E-state index in [1.807, 2.05) is 54.2 Å². The van der Waals surface area contributed by atoms with Crippen LogP contribution >= 0.6 is 0 Å². The summed E-state index contributed by atoms with van der Waals surface area (Å²) in [6, 6.07) is 19.5. The van der Waals surface area contributed by atoms with Crippen molar-refractivity contribution in [1.29, 1.82) is 0 Å². The zero-order chi connectivity index (χ0) is 26.5. The Morgan fingerprint density at radius 1 is 0.750 bits per heavy atom. The molecule has 1 unspecified atom stereocenters. The summed E-state index contributed by atoms with van der Waals surface area (Å²) in [5, 5.41) is 0. The predicted octanol–water partition coefficient (Wildman–Crippen LogP) is 7.63. The smallest absolute Gasteiger partial charge is 0.381 e. The Kier molecular flexibility index (Phi) is 8.38. The van der Waals surface area contributed by atoms with Gasteiger partial charge in [0, 0.05) is 44.5 Å². The van der Waals surface area contributed by atoms with E-state index in [9.17, 15) is 26.3 Å². The molecular formula is C28H28F6N2. The van der Waals surface area contributed by atoms with Crippen LogP contribution in [0.1, 0.15) is 28.2 Å². The molecule has 0 aromatic heterocycles. The lowest BCUT2D eigenvalue weighted by Gasteiger charge is -2.33. The van der Waals surface area contributed by atoms with Crippen molar-refractivity contribution >= 4 is 5.69 Å². The van der Waals surface area contributed by atoms with Crippen LogP contribution < -0.4 is 4.90 Å². The van der Waals surface area contributed by atoms with Crippen LogP contribution in [0.15, 0.2) is 91.1 Å². The lowest BCUT2D eigenvalue weighted by Crippen LogP contribution is -2.33. The van der Waals surface area contributed by atoms with E-state index in [1.165, 1.54) is 24.3 Å². The van der Waals surface area contributed by atoms with Gasteiger partial charge in [-0.2, -0.15) is 26.3 Å². The number of nitrogens with zero attached hydrogens (tertiary/aromatic N) is 2. The molecule has 0 saturated carbocycles. The van der Waals surface area contributed by atoms with E-state index in [1.54, 1.807) is 0 Å². The second kappa shape index (κ2) is 11.1. The van der Waals surface area contributed by atoms with E-state index in [0.29, 0.717) is 30.8 Å². The van der Waals surface area contributed by atoms with Crippen molar-refractivity contribution in [2.75, 3.05) is 32.1 Å². The van der Waals surface area contributed by atoms with Gasteiger partial charge < -0.3 is 9.80 Å². The fraction of sp³-hybridized carbons (Fsp3) is 0.286. The molecule has 0 aliphatic heterocycles. The minimum absolute atomic E-state index is 0.156. The fourth-order valence-corrected chi connectivity index (χ4v) is 3.93. The zero-order valence-electron chi connectivity index (χ0n) is 20.1. The van der Waals surface area contributed by atoms with Gasteiger partial charge in [-0.15, -0.1) is 0 Å². The Balaban J connectivity index is 1.91. The van der Waals surface area contributed by atoms with Crippen LogP contribution in [-0.4, -0.2) is 32.1 Å². The van der Waals surface area contributed by atoms with Gasteiger partial charge >= 0.3 is 12.4 Å². The summed E-state index contributed by atoms with van der Waals surface area (Å²) in [5.74, 6) is -0.156. The molecule has 0 radical (unpaired) electrons. The number of hydrogen-bond acceptors (Lipinski definition) is 2. The summed E-state index contributed by atoms with van der Waals surface area (Å²) in [7, 11) is 3.76. The normalized spacial score (nSPS) is 12.8. The van der Waals surface area contributed by atoms with E-state index in [0.717, 1.165) is 35.5 Å². The third-order valence-electron chi connectivity index (χ3n) is 6.09. The van der Waals surface area contributed by atoms with E-state index < -0.39 is 23.5 Å². The Labute approximate surface area is 207 Å². The van der Waals surface area contributed by atoms with Gasteiger partial charge in [-0.1, -0.05) is 49.0 Å². The van der Waals surface area contributed by atoms with Crippen molar-refractivity contribution in [3.8, 4) is 0 Å². The number of hydrogen-bond donors (Lipinski definition) is 0. The molecular weight excluding hydrogens is 478 g/mol. The average molecular weight is 507 g/mol. The van der Waals surface area contributed by atoms with Crippen molar-refractivity contribution in [1.82, 2.24) is 4.90 Å². The van der Waals surface area contributed by atoms with Crippen LogP contribution in [0, 0.1) is 0 Å². The summed E-state index contributed by atoms with van der Waals surface area (Å²) in [4.78, 5) is 3.85. The summed E-state index contributed by atoms with van der Waals surface area (Å²) in [5.41, 5.74) is 1.64. The number of anilines is 1. The maximum atomic E-state index is 13.1. The highest BCUT2D eigenvalue weighted by atomic mass is 19.4. The number of benzene rings is 3. The molecule has 0 heterocycles. The van der Waals surface area contributed by atoms with Gasteiger partial charge in [0.15, 0.2) is 0 Å². The predicted molar refractivity (Wildman–Crippen MR) is 131 cm³/mol. The number of likely N-dealkylation sites (N-methyl/N-ethyl adjacent to an activating group) is 1. The molecule has 3 aromatic carbocycles. The van der Waals surface area contributed by atoms with Crippen molar-refractivity contribution < 1.29 is 26.3 Å². The SMILES string of the molecule is C=C(C(CN(CCc1ccc(C(F)(F)F)cc1)c1ccc(C(F)(F)F)cc1)c1ccccc1)N(C)C. The first-order valence-electron chi connectivity index (χ1n) is 11.4. The Hall–Kier alpha value is -3.42. The van der Waals surface area contributed by atoms with Gasteiger partial charge in [0.25, 0.3) is 0 Å². The first-order valence-corrected chi connectivity index (χ1v) is 11.4. The zero-order valence-corrected chi connectivity index (χ0v) is 20.1. The topological polar surface area (TPSA) is 6.48 Å². The van der Waals surface area contributed by atoms with Gasteiger partial charge in [-0.3, -0.25) is 0 Å². The summed E-state index contributed by atoms with van der Waals surface area (Å²) in [6.45, 7) is 5.03. The van der Waals surface area contributed by atoms with E-state index in [2.05, 4.69) is 6.58 Å². The molecule has 36 heavy (non-hydrogen) atoms. The Morgan fingerprint density at radius 3 is 1.72 bits per heavy atom. The summed E-state index contributed by atoms with van der Waals surface area (Å²) >= 11 is 0. The van der Waals surface area contributed by atoms with Crippen molar-refractivity contribution in [3.05, 3.63) is 113 Å². The van der Waals surface area contributed by atoms with E-state index in [-0.39, 0.29) is 5.92 Å². The largest absolute Gasteiger partial charge is 0.416 e. The molecule has 0 bridgehead atoms. The maximum Gasteiger partial charge on any atom is 0.416 e. The van der Waals surface area contributed by atoms with E-state index >= 15 is 0 Å². The molecule has 0 N–H and O–H groups in total. The van der Waals surface area contributed by atoms with Gasteiger partial charge in [-0.05, 0) is 53.9 Å². The molecule has 3 rings (SSSR count). The van der Waals surface area contributed by atoms with Crippen molar-refractivity contribution in [2.45, 2.75) is 24.7 Å². The molecule has 0 saturated heterocycles. The lowest BCUT2D eigenvalue weighted by atomic mass is 9.94. The minimum atomic E-state index is -4.45. The number of alkyl halides is 6. The monoisotopic (exact) mass is 506 g/mol. The molecule has 3 aromatic rings. The molecule has 0 amide bonds. The van der Waals surface area contributed by atoms with Crippen LogP contribution in [0.2, 0.25) is 0 Å². The highest BCUT2D eigenvalue weighted by Gasteiger charge is 2.31. The number of rotatable bonds is 9. The van der Waals surface area contributed by atoms with Crippen LogP contribution in [0.3, 0.4) is 0 Å². The molecule has 0 fully saturated rings. The van der Waals surface area contributed by atoms with Gasteiger partial charge in [0.05, 0.1) is 11.1 Å². The van der Waals surface area contributed by atoms with Gasteiger partial charge in [0.2, 0.25) is 0 Å². The minimum Gasteiger partial charge on any atom is -0.381 e. The fourth-order valence-electron chi connectivity index (χ4n) is 3.93. The second-order valence-electron chi connectivity index (χ2n) is 8.78. The summed E-state index contributed by atoms with van der Waals surface area (Å²) in [6.07, 6.45) is -8.45. The van der Waals surface area contributed by atoms with Crippen LogP contribution in [0.4, 0.5) is 32.0 Å². The molecule has 0 spiro atoms. The molecule has 192 valence electrons. The highest BCUT2D eigenvalue weighted by Crippen LogP contribution is 2.33. The molecule has 1 atom stereocenters. The summed E-state index contributed by atoms with van der Waals surface area (Å²) < 4.78 is 78.1. The average Bonchev–Trinajstić information content (AvgIpc) is 2.83. The molecule has 0 aliphatic rings. The maximum absolute atomic E-state index is 13.1. The van der Waals surface area contributed by atoms with E-state index in [4.69, 9.17) is 0 Å². The van der Waals surface area contributed by atoms with Crippen LogP contribution in [-0.2, 0) is 18.8 Å². The molecule has 8 heteroatoms. The molecule has 2 nitrogen and oxygen atoms in total. The third kappa shape index (κ3) is 7.06. The first-order chi connectivity index (χ1) is 16.9. The highest BCUT2D eigenvalue weighted by molar-refractivity contribution is 5.49. The second-order valence-corrected chi connectivity index (χ2v) is 8.78. The quantitative estimate of drug-likeness (QED) is 0.275. The van der Waals surface area contributed by atoms with Crippen LogP contribution in [0.5, 0.6) is 0 Å². The third-order valence-corrected chi connectivity index (χ3v) is 6.09. The van der Waals surface area contributed by atoms with Crippen molar-refractivity contribution in [2.24, 2.45) is 0 Å². The number of halogens is 6. The van der Waals surface area contributed by atoms with Gasteiger partial charge in [0.1, 0.15) is 0 Å². The lowest BCUT2D eigenvalue weighted by molar-refractivity contribution is -0.138. The van der Waals surface area contributed by atoms with Gasteiger partial charge in [-0.25, -0.2) is 0 Å². The van der Waals surface area contributed by atoms with Crippen molar-refractivity contribution in [3.63, 3.8) is 0 Å². The van der Waals surface area contributed by atoms with Crippen LogP contribution in [0.25, 0.3) is 0 Å². The Morgan fingerprint density at radius 2 is 1.25 bits per heavy atom. The Bertz CT molecular complexity index is 1120. The standard InChI is InChI=1S/C28H28F6N2/c1-20(35(2)3)26(22-7-5-4-6-8-22)19-36(25-15-13-24(14-16-25)28(32,33)34)18-17-21-9-11-23(12-10-21)27(29,30)31/h4-16,26H,1,17-19H2,2-3H3. The first kappa shape index (κ1) is 27.2.